The molecular formula is C14H21NO. The lowest BCUT2D eigenvalue weighted by Gasteiger charge is -2.20. The summed E-state index contributed by atoms with van der Waals surface area (Å²) in [6.45, 7) is 2.32. The first kappa shape index (κ1) is 10.4. The average Bonchev–Trinajstić information content (AvgIpc) is 2.84. The van der Waals surface area contributed by atoms with Gasteiger partial charge in [-0.2, -0.15) is 0 Å². The normalized spacial score (nSPS) is 28.0. The zero-order valence-corrected chi connectivity index (χ0v) is 10.1. The van der Waals surface area contributed by atoms with Crippen LogP contribution in [-0.2, 0) is 18.4 Å². The van der Waals surface area contributed by atoms with Gasteiger partial charge in [0.05, 0.1) is 5.54 Å². The summed E-state index contributed by atoms with van der Waals surface area (Å²) in [6.07, 6.45) is 8.22. The number of aryl methyl sites for hydroxylation is 1. The number of hydrogen-bond acceptors (Lipinski definition) is 2. The molecule has 3 rings (SSSR count). The van der Waals surface area contributed by atoms with Crippen molar-refractivity contribution in [1.82, 2.24) is 0 Å². The van der Waals surface area contributed by atoms with Gasteiger partial charge in [0.25, 0.3) is 0 Å². The third kappa shape index (κ3) is 1.60. The molecule has 0 aliphatic heterocycles. The van der Waals surface area contributed by atoms with Crippen LogP contribution in [0.4, 0.5) is 0 Å². The first-order valence-corrected chi connectivity index (χ1v) is 6.58. The maximum atomic E-state index is 6.43. The molecule has 2 nitrogen and oxygen atoms in total. The highest BCUT2D eigenvalue weighted by molar-refractivity contribution is 5.28. The van der Waals surface area contributed by atoms with Gasteiger partial charge in [-0.25, -0.2) is 0 Å². The minimum absolute atomic E-state index is 0.152. The zero-order chi connectivity index (χ0) is 11.2. The molecule has 1 fully saturated rings. The molecule has 1 saturated carbocycles. The zero-order valence-electron chi connectivity index (χ0n) is 10.1. The van der Waals surface area contributed by atoms with Crippen molar-refractivity contribution in [3.8, 4) is 0 Å². The second-order valence-electron chi connectivity index (χ2n) is 5.77. The van der Waals surface area contributed by atoms with Gasteiger partial charge in [0.15, 0.2) is 0 Å². The van der Waals surface area contributed by atoms with Crippen LogP contribution < -0.4 is 5.73 Å². The van der Waals surface area contributed by atoms with Gasteiger partial charge in [-0.15, -0.1) is 0 Å². The van der Waals surface area contributed by atoms with Crippen molar-refractivity contribution >= 4 is 0 Å². The Kier molecular flexibility index (Phi) is 2.36. The minimum Gasteiger partial charge on any atom is -0.464 e. The van der Waals surface area contributed by atoms with Gasteiger partial charge >= 0.3 is 0 Å². The Morgan fingerprint density at radius 2 is 2.12 bits per heavy atom. The Balaban J connectivity index is 1.92. The average molecular weight is 219 g/mol. The molecule has 2 aliphatic rings. The van der Waals surface area contributed by atoms with Crippen LogP contribution in [0.15, 0.2) is 10.5 Å². The fourth-order valence-corrected chi connectivity index (χ4v) is 3.20. The lowest BCUT2D eigenvalue weighted by molar-refractivity contribution is 0.326. The van der Waals surface area contributed by atoms with Gasteiger partial charge in [-0.3, -0.25) is 0 Å². The van der Waals surface area contributed by atoms with Crippen LogP contribution in [0.2, 0.25) is 0 Å². The highest BCUT2D eigenvalue weighted by Gasteiger charge is 2.35. The molecule has 1 heterocycles. The van der Waals surface area contributed by atoms with Crippen molar-refractivity contribution in [3.05, 3.63) is 23.2 Å². The van der Waals surface area contributed by atoms with E-state index in [2.05, 4.69) is 13.0 Å². The Labute approximate surface area is 97.2 Å². The lowest BCUT2D eigenvalue weighted by atomic mass is 9.88. The van der Waals surface area contributed by atoms with E-state index in [4.69, 9.17) is 10.2 Å². The van der Waals surface area contributed by atoms with Gasteiger partial charge < -0.3 is 10.2 Å². The van der Waals surface area contributed by atoms with E-state index in [1.54, 1.807) is 0 Å². The summed E-state index contributed by atoms with van der Waals surface area (Å²) in [4.78, 5) is 0. The van der Waals surface area contributed by atoms with E-state index in [0.29, 0.717) is 0 Å². The minimum atomic E-state index is -0.152. The Morgan fingerprint density at radius 3 is 2.88 bits per heavy atom. The van der Waals surface area contributed by atoms with Gasteiger partial charge in [-0.05, 0) is 43.2 Å². The van der Waals surface area contributed by atoms with Gasteiger partial charge in [0.1, 0.15) is 11.5 Å². The van der Waals surface area contributed by atoms with Crippen LogP contribution in [0.25, 0.3) is 0 Å². The van der Waals surface area contributed by atoms with E-state index < -0.39 is 0 Å². The van der Waals surface area contributed by atoms with Crippen molar-refractivity contribution in [1.29, 1.82) is 0 Å². The second-order valence-corrected chi connectivity index (χ2v) is 5.77. The lowest BCUT2D eigenvalue weighted by Crippen LogP contribution is -2.32. The van der Waals surface area contributed by atoms with Gasteiger partial charge in [-0.1, -0.05) is 19.8 Å². The molecule has 0 saturated heterocycles. The highest BCUT2D eigenvalue weighted by atomic mass is 16.3. The molecule has 16 heavy (non-hydrogen) atoms. The molecule has 1 aromatic heterocycles. The molecule has 2 heteroatoms. The Hall–Kier alpha value is -0.760. The molecule has 0 aromatic carbocycles. The predicted molar refractivity (Wildman–Crippen MR) is 64.2 cm³/mol. The molecular weight excluding hydrogens is 198 g/mol. The van der Waals surface area contributed by atoms with Crippen LogP contribution in [0.5, 0.6) is 0 Å². The number of furan rings is 1. The summed E-state index contributed by atoms with van der Waals surface area (Å²) in [5.74, 6) is 3.07. The molecule has 0 radical (unpaired) electrons. The van der Waals surface area contributed by atoms with Gasteiger partial charge in [0.2, 0.25) is 0 Å². The van der Waals surface area contributed by atoms with Crippen molar-refractivity contribution in [2.24, 2.45) is 11.7 Å². The number of fused-ring (bicyclic) bond motifs is 1. The molecule has 1 unspecified atom stereocenters. The van der Waals surface area contributed by atoms with Crippen molar-refractivity contribution in [2.75, 3.05) is 0 Å². The SMILES string of the molecule is CC1CCc2oc(C3(N)CCCC3)cc2C1. The first-order chi connectivity index (χ1) is 7.67. The van der Waals surface area contributed by atoms with E-state index in [1.165, 1.54) is 37.0 Å². The van der Waals surface area contributed by atoms with Crippen LogP contribution in [-0.4, -0.2) is 0 Å². The van der Waals surface area contributed by atoms with E-state index in [9.17, 15) is 0 Å². The number of hydrogen-bond donors (Lipinski definition) is 1. The highest BCUT2D eigenvalue weighted by Crippen LogP contribution is 2.39. The summed E-state index contributed by atoms with van der Waals surface area (Å²) in [5, 5.41) is 0. The molecule has 1 aromatic rings. The quantitative estimate of drug-likeness (QED) is 0.788. The maximum Gasteiger partial charge on any atom is 0.124 e. The fraction of sp³-hybridized carbons (Fsp3) is 0.714. The largest absolute Gasteiger partial charge is 0.464 e. The molecule has 0 spiro atoms. The number of nitrogens with two attached hydrogens (primary N) is 1. The third-order valence-electron chi connectivity index (χ3n) is 4.32. The maximum absolute atomic E-state index is 6.43. The second kappa shape index (κ2) is 3.63. The fourth-order valence-electron chi connectivity index (χ4n) is 3.20. The predicted octanol–water partition coefficient (Wildman–Crippen LogP) is 3.13. The summed E-state index contributed by atoms with van der Waals surface area (Å²) in [7, 11) is 0. The van der Waals surface area contributed by atoms with Crippen LogP contribution >= 0.6 is 0 Å². The summed E-state index contributed by atoms with van der Waals surface area (Å²) in [6, 6.07) is 2.25. The third-order valence-corrected chi connectivity index (χ3v) is 4.32. The molecule has 2 aliphatic carbocycles. The molecule has 0 amide bonds. The van der Waals surface area contributed by atoms with E-state index in [1.807, 2.05) is 0 Å². The standard InChI is InChI=1S/C14H21NO/c1-10-4-5-12-11(8-10)9-13(16-12)14(15)6-2-3-7-14/h9-10H,2-8,15H2,1H3. The number of rotatable bonds is 1. The summed E-state index contributed by atoms with van der Waals surface area (Å²) < 4.78 is 6.02. The van der Waals surface area contributed by atoms with Crippen LogP contribution in [0, 0.1) is 5.92 Å². The van der Waals surface area contributed by atoms with E-state index in [0.717, 1.165) is 30.9 Å². The molecule has 1 atom stereocenters. The molecule has 0 bridgehead atoms. The van der Waals surface area contributed by atoms with E-state index >= 15 is 0 Å². The Bertz CT molecular complexity index is 387. The molecule has 2 N–H and O–H groups in total. The topological polar surface area (TPSA) is 39.2 Å². The monoisotopic (exact) mass is 219 g/mol. The smallest absolute Gasteiger partial charge is 0.124 e. The molecule has 88 valence electrons. The van der Waals surface area contributed by atoms with Crippen molar-refractivity contribution in [3.63, 3.8) is 0 Å². The van der Waals surface area contributed by atoms with E-state index in [-0.39, 0.29) is 5.54 Å². The summed E-state index contributed by atoms with van der Waals surface area (Å²) >= 11 is 0. The van der Waals surface area contributed by atoms with Crippen molar-refractivity contribution < 1.29 is 4.42 Å². The Morgan fingerprint density at radius 1 is 1.38 bits per heavy atom. The van der Waals surface area contributed by atoms with Crippen molar-refractivity contribution in [2.45, 2.75) is 57.4 Å². The van der Waals surface area contributed by atoms with Gasteiger partial charge in [0, 0.05) is 6.42 Å². The summed E-state index contributed by atoms with van der Waals surface area (Å²) in [5.41, 5.74) is 7.70. The first-order valence-electron chi connectivity index (χ1n) is 6.58. The van der Waals surface area contributed by atoms with Crippen LogP contribution in [0.3, 0.4) is 0 Å². The van der Waals surface area contributed by atoms with Crippen LogP contribution in [0.1, 0.15) is 56.1 Å².